The van der Waals surface area contributed by atoms with E-state index in [0.29, 0.717) is 12.1 Å². The third-order valence-corrected chi connectivity index (χ3v) is 5.93. The molecule has 0 spiro atoms. The number of esters is 1. The van der Waals surface area contributed by atoms with E-state index in [4.69, 9.17) is 9.47 Å². The van der Waals surface area contributed by atoms with Crippen molar-refractivity contribution in [1.29, 1.82) is 0 Å². The van der Waals surface area contributed by atoms with Crippen LogP contribution in [0.5, 0.6) is 5.75 Å². The number of aromatic nitrogens is 1. The first-order valence-corrected chi connectivity index (χ1v) is 11.3. The highest BCUT2D eigenvalue weighted by molar-refractivity contribution is 7.09. The van der Waals surface area contributed by atoms with Crippen LogP contribution in [0.3, 0.4) is 0 Å². The maximum atomic E-state index is 13.0. The number of hydrazone groups is 1. The molecule has 168 valence electrons. The molecule has 3 aromatic rings. The van der Waals surface area contributed by atoms with Crippen molar-refractivity contribution in [2.75, 3.05) is 13.7 Å². The monoisotopic (exact) mass is 461 g/mol. The molecule has 0 N–H and O–H groups in total. The van der Waals surface area contributed by atoms with E-state index in [-0.39, 0.29) is 6.04 Å². The molecular weight excluding hydrogens is 438 g/mol. The average molecular weight is 462 g/mol. The van der Waals surface area contributed by atoms with Crippen LogP contribution in [0.15, 0.2) is 71.2 Å². The zero-order valence-corrected chi connectivity index (χ0v) is 19.1. The van der Waals surface area contributed by atoms with Crippen LogP contribution in [-0.4, -0.2) is 41.3 Å². The van der Waals surface area contributed by atoms with Gasteiger partial charge in [-0.2, -0.15) is 5.10 Å². The number of aryl methyl sites for hydroxylation is 1. The Bertz CT molecular complexity index is 1190. The summed E-state index contributed by atoms with van der Waals surface area (Å²) in [6, 6.07) is 17.0. The number of carbonyl (C=O) groups excluding carboxylic acids is 2. The summed E-state index contributed by atoms with van der Waals surface area (Å²) >= 11 is 1.49. The Hall–Kier alpha value is -3.78. The van der Waals surface area contributed by atoms with E-state index in [9.17, 15) is 9.59 Å². The topological polar surface area (TPSA) is 81.1 Å². The Morgan fingerprint density at radius 3 is 2.58 bits per heavy atom. The molecule has 0 aliphatic carbocycles. The summed E-state index contributed by atoms with van der Waals surface area (Å²) in [5.74, 6) is -0.274. The Labute approximate surface area is 196 Å². The molecule has 4 rings (SSSR count). The van der Waals surface area contributed by atoms with Gasteiger partial charge in [0.25, 0.3) is 5.91 Å². The number of benzene rings is 2. The van der Waals surface area contributed by atoms with E-state index < -0.39 is 18.5 Å². The summed E-state index contributed by atoms with van der Waals surface area (Å²) in [6.07, 6.45) is 3.39. The average Bonchev–Trinajstić information content (AvgIpc) is 3.48. The van der Waals surface area contributed by atoms with E-state index in [1.165, 1.54) is 22.4 Å². The predicted molar refractivity (Wildman–Crippen MR) is 127 cm³/mol. The molecule has 1 aliphatic heterocycles. The lowest BCUT2D eigenvalue weighted by Gasteiger charge is -2.22. The van der Waals surface area contributed by atoms with Gasteiger partial charge < -0.3 is 9.47 Å². The zero-order chi connectivity index (χ0) is 23.2. The summed E-state index contributed by atoms with van der Waals surface area (Å²) in [5, 5.41) is 8.74. The van der Waals surface area contributed by atoms with Gasteiger partial charge in [-0.3, -0.25) is 4.79 Å². The van der Waals surface area contributed by atoms with Crippen molar-refractivity contribution in [2.24, 2.45) is 5.10 Å². The molecule has 2 aromatic carbocycles. The van der Waals surface area contributed by atoms with Crippen molar-refractivity contribution in [3.63, 3.8) is 0 Å². The smallest absolute Gasteiger partial charge is 0.331 e. The minimum absolute atomic E-state index is 0.300. The van der Waals surface area contributed by atoms with Gasteiger partial charge in [-0.15, -0.1) is 11.3 Å². The van der Waals surface area contributed by atoms with Gasteiger partial charge in [-0.1, -0.05) is 42.5 Å². The summed E-state index contributed by atoms with van der Waals surface area (Å²) in [6.45, 7) is 1.48. The highest BCUT2D eigenvalue weighted by Crippen LogP contribution is 2.33. The third-order valence-electron chi connectivity index (χ3n) is 5.14. The number of methoxy groups -OCH3 is 1. The molecule has 0 saturated heterocycles. The van der Waals surface area contributed by atoms with Crippen molar-refractivity contribution in [1.82, 2.24) is 9.99 Å². The number of ether oxygens (including phenoxy) is 2. The number of rotatable bonds is 7. The van der Waals surface area contributed by atoms with Gasteiger partial charge in [0.2, 0.25) is 0 Å². The van der Waals surface area contributed by atoms with Crippen molar-refractivity contribution in [3.8, 4) is 5.75 Å². The fourth-order valence-electron chi connectivity index (χ4n) is 3.49. The summed E-state index contributed by atoms with van der Waals surface area (Å²) < 4.78 is 10.4. The van der Waals surface area contributed by atoms with Gasteiger partial charge >= 0.3 is 5.97 Å². The number of nitrogens with zero attached hydrogens (tertiary/aromatic N) is 3. The first-order valence-electron chi connectivity index (χ1n) is 10.4. The van der Waals surface area contributed by atoms with Gasteiger partial charge in [0.1, 0.15) is 5.75 Å². The number of carbonyl (C=O) groups is 2. The van der Waals surface area contributed by atoms with Crippen molar-refractivity contribution in [3.05, 3.63) is 87.9 Å². The molecule has 0 radical (unpaired) electrons. The molecule has 7 nitrogen and oxygen atoms in total. The minimum atomic E-state index is -0.610. The zero-order valence-electron chi connectivity index (χ0n) is 18.3. The first-order chi connectivity index (χ1) is 16.0. The number of hydrogen-bond donors (Lipinski definition) is 0. The Morgan fingerprint density at radius 1 is 1.15 bits per heavy atom. The van der Waals surface area contributed by atoms with Gasteiger partial charge in [0.05, 0.1) is 29.6 Å². The molecule has 8 heteroatoms. The normalized spacial score (nSPS) is 15.5. The van der Waals surface area contributed by atoms with Crippen LogP contribution in [0.4, 0.5) is 0 Å². The van der Waals surface area contributed by atoms with E-state index in [2.05, 4.69) is 10.1 Å². The van der Waals surface area contributed by atoms with Gasteiger partial charge in [-0.05, 0) is 36.3 Å². The largest absolute Gasteiger partial charge is 0.497 e. The first kappa shape index (κ1) is 22.4. The van der Waals surface area contributed by atoms with Crippen LogP contribution in [0.1, 0.15) is 34.3 Å². The van der Waals surface area contributed by atoms with Crippen molar-refractivity contribution in [2.45, 2.75) is 19.4 Å². The van der Waals surface area contributed by atoms with Crippen LogP contribution in [0.2, 0.25) is 0 Å². The molecule has 1 aliphatic rings. The number of hydrogen-bond acceptors (Lipinski definition) is 7. The summed E-state index contributed by atoms with van der Waals surface area (Å²) in [4.78, 5) is 29.3. The molecule has 1 amide bonds. The fourth-order valence-corrected chi connectivity index (χ4v) is 4.07. The van der Waals surface area contributed by atoms with Crippen LogP contribution < -0.4 is 4.74 Å². The fraction of sp³-hybridized carbons (Fsp3) is 0.200. The highest BCUT2D eigenvalue weighted by Gasteiger charge is 2.33. The molecule has 1 aromatic heterocycles. The van der Waals surface area contributed by atoms with Crippen LogP contribution in [0, 0.1) is 6.92 Å². The quantitative estimate of drug-likeness (QED) is 0.385. The Morgan fingerprint density at radius 2 is 1.91 bits per heavy atom. The molecule has 1 unspecified atom stereocenters. The predicted octanol–water partition coefficient (Wildman–Crippen LogP) is 4.39. The standard InChI is InChI=1S/C25H23N3O4S/c1-17-26-20(16-33-17)10-13-25(30)32-15-24(29)28-23(19-8-11-21(31-2)12-9-19)14-22(27-28)18-6-4-3-5-7-18/h3-13,16,23H,14-15H2,1-2H3/b13-10+. The third kappa shape index (κ3) is 5.53. The van der Waals surface area contributed by atoms with Gasteiger partial charge in [0.15, 0.2) is 6.61 Å². The van der Waals surface area contributed by atoms with Crippen LogP contribution >= 0.6 is 11.3 Å². The van der Waals surface area contributed by atoms with Crippen LogP contribution in [-0.2, 0) is 14.3 Å². The van der Waals surface area contributed by atoms with E-state index >= 15 is 0 Å². The highest BCUT2D eigenvalue weighted by atomic mass is 32.1. The second kappa shape index (κ2) is 10.2. The van der Waals surface area contributed by atoms with E-state index in [1.807, 2.05) is 66.9 Å². The lowest BCUT2D eigenvalue weighted by atomic mass is 9.98. The number of thiazole rings is 1. The Kier molecular flexibility index (Phi) is 6.95. The molecule has 0 fully saturated rings. The second-order valence-corrected chi connectivity index (χ2v) is 8.44. The van der Waals surface area contributed by atoms with Crippen molar-refractivity contribution < 1.29 is 19.1 Å². The molecule has 33 heavy (non-hydrogen) atoms. The lowest BCUT2D eigenvalue weighted by Crippen LogP contribution is -2.31. The molecule has 2 heterocycles. The van der Waals surface area contributed by atoms with Crippen LogP contribution in [0.25, 0.3) is 6.08 Å². The summed E-state index contributed by atoms with van der Waals surface area (Å²) in [5.41, 5.74) is 3.35. The van der Waals surface area contributed by atoms with Gasteiger partial charge in [0, 0.05) is 17.9 Å². The van der Waals surface area contributed by atoms with E-state index in [1.54, 1.807) is 13.2 Å². The number of amides is 1. The Balaban J connectivity index is 1.48. The molecule has 1 atom stereocenters. The maximum absolute atomic E-state index is 13.0. The van der Waals surface area contributed by atoms with Gasteiger partial charge in [-0.25, -0.2) is 14.8 Å². The molecular formula is C25H23N3O4S. The van der Waals surface area contributed by atoms with Crippen molar-refractivity contribution >= 4 is 35.0 Å². The SMILES string of the molecule is COc1ccc(C2CC(c3ccccc3)=NN2C(=O)COC(=O)/C=C/c2csc(C)n2)cc1. The minimum Gasteiger partial charge on any atom is -0.497 e. The molecule has 0 saturated carbocycles. The lowest BCUT2D eigenvalue weighted by molar-refractivity contribution is -0.149. The maximum Gasteiger partial charge on any atom is 0.331 e. The van der Waals surface area contributed by atoms with E-state index in [0.717, 1.165) is 27.6 Å². The second-order valence-electron chi connectivity index (χ2n) is 7.38. The molecule has 0 bridgehead atoms. The summed E-state index contributed by atoms with van der Waals surface area (Å²) in [7, 11) is 1.61.